The van der Waals surface area contributed by atoms with Crippen molar-refractivity contribution in [1.82, 2.24) is 15.5 Å². The predicted octanol–water partition coefficient (Wildman–Crippen LogP) is 3.39. The van der Waals surface area contributed by atoms with Crippen LogP contribution in [0.25, 0.3) is 0 Å². The van der Waals surface area contributed by atoms with Crippen molar-refractivity contribution in [3.05, 3.63) is 39.6 Å². The maximum absolute atomic E-state index is 12.4. The van der Waals surface area contributed by atoms with Crippen LogP contribution in [0.5, 0.6) is 11.5 Å². The summed E-state index contributed by atoms with van der Waals surface area (Å²) in [6, 6.07) is 5.37. The molecule has 2 N–H and O–H groups in total. The molecule has 6 nitrogen and oxygen atoms in total. The molecule has 0 saturated carbocycles. The molecular formula is C17H20BrN3O3. The van der Waals surface area contributed by atoms with Crippen molar-refractivity contribution in [3.8, 4) is 11.5 Å². The number of nitrogens with zero attached hydrogens (tertiary/aromatic N) is 1. The molecule has 7 heteroatoms. The highest BCUT2D eigenvalue weighted by Crippen LogP contribution is 2.37. The second-order valence-corrected chi connectivity index (χ2v) is 6.60. The highest BCUT2D eigenvalue weighted by atomic mass is 79.9. The number of rotatable bonds is 5. The van der Waals surface area contributed by atoms with E-state index in [2.05, 4.69) is 38.4 Å². The van der Waals surface area contributed by atoms with E-state index in [1.54, 1.807) is 6.07 Å². The van der Waals surface area contributed by atoms with E-state index in [0.717, 1.165) is 28.6 Å². The number of H-pyrrole nitrogens is 1. The molecule has 0 saturated heterocycles. The molecule has 2 heterocycles. The van der Waals surface area contributed by atoms with Gasteiger partial charge in [0.05, 0.1) is 6.04 Å². The van der Waals surface area contributed by atoms with Gasteiger partial charge in [0.25, 0.3) is 5.91 Å². The molecule has 128 valence electrons. The van der Waals surface area contributed by atoms with Gasteiger partial charge in [-0.15, -0.1) is 0 Å². The van der Waals surface area contributed by atoms with Gasteiger partial charge in [0.1, 0.15) is 18.9 Å². The minimum absolute atomic E-state index is 0.200. The Bertz CT molecular complexity index is 745. The highest BCUT2D eigenvalue weighted by molar-refractivity contribution is 9.10. The zero-order chi connectivity index (χ0) is 17.1. The molecule has 1 unspecified atom stereocenters. The van der Waals surface area contributed by atoms with Crippen LogP contribution < -0.4 is 14.8 Å². The molecule has 0 aliphatic carbocycles. The molecule has 1 aromatic heterocycles. The third-order valence-corrected chi connectivity index (χ3v) is 4.55. The smallest absolute Gasteiger partial charge is 0.272 e. The largest absolute Gasteiger partial charge is 0.486 e. The number of aromatic nitrogens is 2. The summed E-state index contributed by atoms with van der Waals surface area (Å²) in [6.45, 7) is 5.09. The molecule has 3 rings (SSSR count). The summed E-state index contributed by atoms with van der Waals surface area (Å²) in [5.74, 6) is 1.21. The van der Waals surface area contributed by atoms with Gasteiger partial charge < -0.3 is 14.8 Å². The van der Waals surface area contributed by atoms with Crippen molar-refractivity contribution < 1.29 is 14.3 Å². The number of aryl methyl sites for hydroxylation is 1. The van der Waals surface area contributed by atoms with Crippen LogP contribution >= 0.6 is 15.9 Å². The van der Waals surface area contributed by atoms with E-state index in [0.29, 0.717) is 30.4 Å². The number of halogens is 1. The van der Waals surface area contributed by atoms with Crippen molar-refractivity contribution in [1.29, 1.82) is 0 Å². The van der Waals surface area contributed by atoms with Crippen LogP contribution in [-0.4, -0.2) is 29.3 Å². The fourth-order valence-corrected chi connectivity index (χ4v) is 3.30. The molecule has 1 atom stereocenters. The number of hydrogen-bond acceptors (Lipinski definition) is 4. The second kappa shape index (κ2) is 7.25. The Morgan fingerprint density at radius 3 is 2.75 bits per heavy atom. The Morgan fingerprint density at radius 1 is 1.33 bits per heavy atom. The SMILES string of the molecule is CCCc1cc(C(=O)NC(C)c2cc3c(cc2Br)OCCO3)n[nH]1. The standard InChI is InChI=1S/C17H20BrN3O3/c1-3-4-11-7-14(21-20-11)17(22)19-10(2)12-8-15-16(9-13(12)18)24-6-5-23-15/h7-10H,3-6H2,1-2H3,(H,19,22)(H,20,21). The van der Waals surface area contributed by atoms with E-state index in [-0.39, 0.29) is 11.9 Å². The lowest BCUT2D eigenvalue weighted by Gasteiger charge is -2.22. The van der Waals surface area contributed by atoms with E-state index in [1.165, 1.54) is 0 Å². The number of aromatic amines is 1. The van der Waals surface area contributed by atoms with Gasteiger partial charge in [0.15, 0.2) is 11.5 Å². The monoisotopic (exact) mass is 393 g/mol. The first-order valence-corrected chi connectivity index (χ1v) is 8.82. The highest BCUT2D eigenvalue weighted by Gasteiger charge is 2.20. The van der Waals surface area contributed by atoms with E-state index in [9.17, 15) is 4.79 Å². The van der Waals surface area contributed by atoms with Gasteiger partial charge in [-0.3, -0.25) is 9.89 Å². The molecular weight excluding hydrogens is 374 g/mol. The fraction of sp³-hybridized carbons (Fsp3) is 0.412. The van der Waals surface area contributed by atoms with Crippen LogP contribution in [-0.2, 0) is 6.42 Å². The lowest BCUT2D eigenvalue weighted by Crippen LogP contribution is -2.27. The third kappa shape index (κ3) is 3.56. The summed E-state index contributed by atoms with van der Waals surface area (Å²) in [5.41, 5.74) is 2.30. The summed E-state index contributed by atoms with van der Waals surface area (Å²) in [4.78, 5) is 12.4. The van der Waals surface area contributed by atoms with Crippen LogP contribution in [0.1, 0.15) is 48.1 Å². The number of carbonyl (C=O) groups excluding carboxylic acids is 1. The summed E-state index contributed by atoms with van der Waals surface area (Å²) in [5, 5.41) is 9.94. The topological polar surface area (TPSA) is 76.2 Å². The number of nitrogens with one attached hydrogen (secondary N) is 2. The van der Waals surface area contributed by atoms with Crippen molar-refractivity contribution >= 4 is 21.8 Å². The summed E-state index contributed by atoms with van der Waals surface area (Å²) in [6.07, 6.45) is 1.88. The average molecular weight is 394 g/mol. The van der Waals surface area contributed by atoms with Gasteiger partial charge in [-0.2, -0.15) is 5.10 Å². The van der Waals surface area contributed by atoms with Crippen molar-refractivity contribution in [2.45, 2.75) is 32.7 Å². The normalized spacial score (nSPS) is 14.3. The second-order valence-electron chi connectivity index (χ2n) is 5.74. The Morgan fingerprint density at radius 2 is 2.04 bits per heavy atom. The Kier molecular flexibility index (Phi) is 5.08. The molecule has 24 heavy (non-hydrogen) atoms. The Labute approximate surface area is 149 Å². The molecule has 0 radical (unpaired) electrons. The quantitative estimate of drug-likeness (QED) is 0.815. The zero-order valence-electron chi connectivity index (χ0n) is 13.7. The van der Waals surface area contributed by atoms with Crippen LogP contribution in [0.15, 0.2) is 22.7 Å². The lowest BCUT2D eigenvalue weighted by molar-refractivity contribution is 0.0934. The van der Waals surface area contributed by atoms with Gasteiger partial charge in [-0.25, -0.2) is 0 Å². The van der Waals surface area contributed by atoms with Gasteiger partial charge in [-0.05, 0) is 37.1 Å². The molecule has 1 aromatic carbocycles. The van der Waals surface area contributed by atoms with E-state index >= 15 is 0 Å². The Balaban J connectivity index is 1.74. The van der Waals surface area contributed by atoms with Gasteiger partial charge >= 0.3 is 0 Å². The molecule has 0 fully saturated rings. The van der Waals surface area contributed by atoms with Crippen LogP contribution in [0.4, 0.5) is 0 Å². The zero-order valence-corrected chi connectivity index (χ0v) is 15.3. The summed E-state index contributed by atoms with van der Waals surface area (Å²) < 4.78 is 12.0. The number of fused-ring (bicyclic) bond motifs is 1. The maximum atomic E-state index is 12.4. The van der Waals surface area contributed by atoms with E-state index < -0.39 is 0 Å². The molecule has 2 aromatic rings. The number of ether oxygens (including phenoxy) is 2. The van der Waals surface area contributed by atoms with Gasteiger partial charge in [0.2, 0.25) is 0 Å². The van der Waals surface area contributed by atoms with Crippen molar-refractivity contribution in [2.24, 2.45) is 0 Å². The molecule has 1 amide bonds. The lowest BCUT2D eigenvalue weighted by atomic mass is 10.1. The first-order chi connectivity index (χ1) is 11.6. The number of carbonyl (C=O) groups is 1. The van der Waals surface area contributed by atoms with Crippen molar-refractivity contribution in [3.63, 3.8) is 0 Å². The maximum Gasteiger partial charge on any atom is 0.272 e. The van der Waals surface area contributed by atoms with E-state index in [4.69, 9.17) is 9.47 Å². The molecule has 0 bridgehead atoms. The summed E-state index contributed by atoms with van der Waals surface area (Å²) >= 11 is 3.54. The summed E-state index contributed by atoms with van der Waals surface area (Å²) in [7, 11) is 0. The third-order valence-electron chi connectivity index (χ3n) is 3.86. The van der Waals surface area contributed by atoms with Gasteiger partial charge in [0, 0.05) is 10.2 Å². The van der Waals surface area contributed by atoms with Crippen LogP contribution in [0.2, 0.25) is 0 Å². The predicted molar refractivity (Wildman–Crippen MR) is 93.6 cm³/mol. The van der Waals surface area contributed by atoms with E-state index in [1.807, 2.05) is 19.1 Å². The average Bonchev–Trinajstić information content (AvgIpc) is 3.03. The van der Waals surface area contributed by atoms with Crippen LogP contribution in [0.3, 0.4) is 0 Å². The fourth-order valence-electron chi connectivity index (χ4n) is 2.64. The molecule has 0 spiro atoms. The van der Waals surface area contributed by atoms with Crippen LogP contribution in [0, 0.1) is 0 Å². The molecule has 1 aliphatic rings. The minimum atomic E-state index is -0.206. The first-order valence-electron chi connectivity index (χ1n) is 8.02. The number of benzene rings is 1. The number of hydrogen-bond donors (Lipinski definition) is 2. The molecule has 1 aliphatic heterocycles. The van der Waals surface area contributed by atoms with Gasteiger partial charge in [-0.1, -0.05) is 29.3 Å². The van der Waals surface area contributed by atoms with Crippen molar-refractivity contribution in [2.75, 3.05) is 13.2 Å². The Hall–Kier alpha value is -2.02. The minimum Gasteiger partial charge on any atom is -0.486 e. The first kappa shape index (κ1) is 16.8. The number of amides is 1.